The maximum Gasteiger partial charge on any atom is 0.410 e. The summed E-state index contributed by atoms with van der Waals surface area (Å²) < 4.78 is 9.58. The van der Waals surface area contributed by atoms with Gasteiger partial charge >= 0.3 is 6.09 Å². The van der Waals surface area contributed by atoms with E-state index in [1.165, 1.54) is 4.90 Å². The molecule has 0 aromatic heterocycles. The molecule has 82 valence electrons. The van der Waals surface area contributed by atoms with E-state index in [0.717, 1.165) is 0 Å². The maximum atomic E-state index is 11.3. The molecule has 0 unspecified atom stereocenters. The molecule has 0 aliphatic carbocycles. The molecule has 0 aliphatic rings. The van der Waals surface area contributed by atoms with Crippen LogP contribution in [-0.2, 0) is 9.47 Å². The van der Waals surface area contributed by atoms with Gasteiger partial charge in [-0.3, -0.25) is 0 Å². The molecule has 0 fully saturated rings. The zero-order chi connectivity index (χ0) is 10.8. The van der Waals surface area contributed by atoms with E-state index in [4.69, 9.17) is 14.6 Å². The topological polar surface area (TPSA) is 59.0 Å². The standard InChI is InChI=1S/C9H17NO4/c1-3-4-10(5-7-13-2)9(12)14-8-6-11/h3,11H,1,4-8H2,2H3. The second-order valence-corrected chi connectivity index (χ2v) is 2.57. The highest BCUT2D eigenvalue weighted by atomic mass is 16.6. The summed E-state index contributed by atoms with van der Waals surface area (Å²) in [4.78, 5) is 12.7. The van der Waals surface area contributed by atoms with Crippen molar-refractivity contribution in [3.8, 4) is 0 Å². The molecule has 0 heterocycles. The Morgan fingerprint density at radius 2 is 2.29 bits per heavy atom. The molecule has 5 heteroatoms. The third-order valence-electron chi connectivity index (χ3n) is 1.49. The number of carbonyl (C=O) groups excluding carboxylic acids is 1. The van der Waals surface area contributed by atoms with Gasteiger partial charge in [-0.1, -0.05) is 6.08 Å². The first-order valence-electron chi connectivity index (χ1n) is 4.38. The molecule has 14 heavy (non-hydrogen) atoms. The van der Waals surface area contributed by atoms with E-state index in [1.54, 1.807) is 13.2 Å². The molecule has 1 N–H and O–H groups in total. The van der Waals surface area contributed by atoms with Crippen LogP contribution in [0.2, 0.25) is 0 Å². The van der Waals surface area contributed by atoms with Gasteiger partial charge in [-0.2, -0.15) is 0 Å². The van der Waals surface area contributed by atoms with Crippen LogP contribution in [0.15, 0.2) is 12.7 Å². The molecule has 0 radical (unpaired) electrons. The van der Waals surface area contributed by atoms with Crippen molar-refractivity contribution >= 4 is 6.09 Å². The van der Waals surface area contributed by atoms with Gasteiger partial charge in [0.15, 0.2) is 0 Å². The first kappa shape index (κ1) is 12.9. The van der Waals surface area contributed by atoms with E-state index in [-0.39, 0.29) is 13.2 Å². The highest BCUT2D eigenvalue weighted by Crippen LogP contribution is 1.94. The van der Waals surface area contributed by atoms with Gasteiger partial charge in [0, 0.05) is 20.2 Å². The van der Waals surface area contributed by atoms with Crippen molar-refractivity contribution in [3.63, 3.8) is 0 Å². The molecule has 0 rings (SSSR count). The first-order chi connectivity index (χ1) is 6.76. The van der Waals surface area contributed by atoms with Gasteiger partial charge < -0.3 is 19.5 Å². The number of carbonyl (C=O) groups is 1. The number of nitrogens with zero attached hydrogens (tertiary/aromatic N) is 1. The number of aliphatic hydroxyl groups is 1. The van der Waals surface area contributed by atoms with Crippen LogP contribution in [-0.4, -0.2) is 56.1 Å². The smallest absolute Gasteiger partial charge is 0.410 e. The molecule has 0 aromatic rings. The Kier molecular flexibility index (Phi) is 7.87. The average molecular weight is 203 g/mol. The maximum absolute atomic E-state index is 11.3. The fraction of sp³-hybridized carbons (Fsp3) is 0.667. The number of rotatable bonds is 7. The fourth-order valence-corrected chi connectivity index (χ4v) is 0.839. The lowest BCUT2D eigenvalue weighted by Gasteiger charge is -2.19. The predicted octanol–water partition coefficient (Wildman–Crippen LogP) is 0.250. The van der Waals surface area contributed by atoms with Crippen LogP contribution in [0.4, 0.5) is 4.79 Å². The summed E-state index contributed by atoms with van der Waals surface area (Å²) in [6, 6.07) is 0. The Morgan fingerprint density at radius 1 is 1.57 bits per heavy atom. The summed E-state index contributed by atoms with van der Waals surface area (Å²) in [6.07, 6.45) is 1.14. The lowest BCUT2D eigenvalue weighted by Crippen LogP contribution is -2.35. The summed E-state index contributed by atoms with van der Waals surface area (Å²) in [7, 11) is 1.56. The van der Waals surface area contributed by atoms with Crippen molar-refractivity contribution in [2.75, 3.05) is 40.0 Å². The third-order valence-corrected chi connectivity index (χ3v) is 1.49. The lowest BCUT2D eigenvalue weighted by molar-refractivity contribution is 0.0773. The molecule has 0 aromatic carbocycles. The summed E-state index contributed by atoms with van der Waals surface area (Å²) in [5, 5.41) is 8.46. The van der Waals surface area contributed by atoms with E-state index in [0.29, 0.717) is 19.7 Å². The number of hydrogen-bond acceptors (Lipinski definition) is 4. The molecule has 5 nitrogen and oxygen atoms in total. The zero-order valence-electron chi connectivity index (χ0n) is 8.44. The highest BCUT2D eigenvalue weighted by Gasteiger charge is 2.12. The lowest BCUT2D eigenvalue weighted by atomic mass is 10.5. The van der Waals surface area contributed by atoms with Gasteiger partial charge in [0.25, 0.3) is 0 Å². The van der Waals surface area contributed by atoms with Gasteiger partial charge in [-0.25, -0.2) is 4.79 Å². The third kappa shape index (κ3) is 5.55. The van der Waals surface area contributed by atoms with E-state index in [9.17, 15) is 4.79 Å². The number of amides is 1. The monoisotopic (exact) mass is 203 g/mol. The molecular formula is C9H17NO4. The minimum absolute atomic E-state index is 0.0134. The van der Waals surface area contributed by atoms with Gasteiger partial charge in [0.2, 0.25) is 0 Å². The van der Waals surface area contributed by atoms with Gasteiger partial charge in [-0.15, -0.1) is 6.58 Å². The zero-order valence-corrected chi connectivity index (χ0v) is 8.44. The minimum Gasteiger partial charge on any atom is -0.447 e. The Balaban J connectivity index is 3.90. The second kappa shape index (κ2) is 8.52. The van der Waals surface area contributed by atoms with Gasteiger partial charge in [-0.05, 0) is 0 Å². The normalized spacial score (nSPS) is 9.57. The summed E-state index contributed by atoms with van der Waals surface area (Å²) in [5.41, 5.74) is 0. The second-order valence-electron chi connectivity index (χ2n) is 2.57. The first-order valence-corrected chi connectivity index (χ1v) is 4.38. The van der Waals surface area contributed by atoms with Crippen LogP contribution in [0.5, 0.6) is 0 Å². The summed E-state index contributed by atoms with van der Waals surface area (Å²) in [5.74, 6) is 0. The Hall–Kier alpha value is -1.07. The van der Waals surface area contributed by atoms with Crippen molar-refractivity contribution in [3.05, 3.63) is 12.7 Å². The van der Waals surface area contributed by atoms with Crippen molar-refractivity contribution in [2.24, 2.45) is 0 Å². The SMILES string of the molecule is C=CCN(CCOC)C(=O)OCCO. The molecule has 0 saturated heterocycles. The summed E-state index contributed by atoms with van der Waals surface area (Å²) in [6.45, 7) is 4.68. The van der Waals surface area contributed by atoms with Crippen molar-refractivity contribution in [1.29, 1.82) is 0 Å². The predicted molar refractivity (Wildman–Crippen MR) is 52.1 cm³/mol. The molecule has 0 atom stereocenters. The van der Waals surface area contributed by atoms with Crippen LogP contribution in [0.25, 0.3) is 0 Å². The van der Waals surface area contributed by atoms with Crippen LogP contribution >= 0.6 is 0 Å². The molecule has 1 amide bonds. The Morgan fingerprint density at radius 3 is 2.79 bits per heavy atom. The fourth-order valence-electron chi connectivity index (χ4n) is 0.839. The highest BCUT2D eigenvalue weighted by molar-refractivity contribution is 5.67. The van der Waals surface area contributed by atoms with Crippen molar-refractivity contribution in [1.82, 2.24) is 4.90 Å². The van der Waals surface area contributed by atoms with E-state index in [2.05, 4.69) is 6.58 Å². The van der Waals surface area contributed by atoms with Crippen LogP contribution in [0.3, 0.4) is 0 Å². The largest absolute Gasteiger partial charge is 0.447 e. The number of methoxy groups -OCH3 is 1. The summed E-state index contributed by atoms with van der Waals surface area (Å²) >= 11 is 0. The number of ether oxygens (including phenoxy) is 2. The van der Waals surface area contributed by atoms with E-state index < -0.39 is 6.09 Å². The Labute approximate surface area is 83.9 Å². The van der Waals surface area contributed by atoms with Crippen LogP contribution in [0, 0.1) is 0 Å². The molecule has 0 spiro atoms. The average Bonchev–Trinajstić information content (AvgIpc) is 2.20. The molecule has 0 bridgehead atoms. The van der Waals surface area contributed by atoms with Crippen molar-refractivity contribution in [2.45, 2.75) is 0 Å². The quantitative estimate of drug-likeness (QED) is 0.602. The van der Waals surface area contributed by atoms with E-state index in [1.807, 2.05) is 0 Å². The Bertz CT molecular complexity index is 172. The van der Waals surface area contributed by atoms with E-state index >= 15 is 0 Å². The van der Waals surface area contributed by atoms with Crippen LogP contribution < -0.4 is 0 Å². The van der Waals surface area contributed by atoms with Crippen LogP contribution in [0.1, 0.15) is 0 Å². The molecule has 0 saturated carbocycles. The van der Waals surface area contributed by atoms with Crippen molar-refractivity contribution < 1.29 is 19.4 Å². The molecular weight excluding hydrogens is 186 g/mol. The minimum atomic E-state index is -0.462. The van der Waals surface area contributed by atoms with Gasteiger partial charge in [0.05, 0.1) is 13.2 Å². The van der Waals surface area contributed by atoms with Gasteiger partial charge in [0.1, 0.15) is 6.61 Å². The number of aliphatic hydroxyl groups excluding tert-OH is 1. The number of hydrogen-bond donors (Lipinski definition) is 1. The molecule has 0 aliphatic heterocycles.